The third-order valence-electron chi connectivity index (χ3n) is 3.13. The second-order valence-electron chi connectivity index (χ2n) is 4.43. The molecule has 0 fully saturated rings. The fourth-order valence-electron chi connectivity index (χ4n) is 2.13. The first-order valence-electron chi connectivity index (χ1n) is 6.22. The van der Waals surface area contributed by atoms with Gasteiger partial charge in [-0.15, -0.1) is 0 Å². The summed E-state index contributed by atoms with van der Waals surface area (Å²) in [7, 11) is 0. The average molecular weight is 261 g/mol. The van der Waals surface area contributed by atoms with Gasteiger partial charge in [0.15, 0.2) is 0 Å². The summed E-state index contributed by atoms with van der Waals surface area (Å²) in [6.07, 6.45) is 0. The van der Waals surface area contributed by atoms with Crippen molar-refractivity contribution in [3.05, 3.63) is 65.0 Å². The number of benzene rings is 2. The van der Waals surface area contributed by atoms with Crippen molar-refractivity contribution in [3.8, 4) is 17.3 Å². The maximum Gasteiger partial charge on any atom is 0.267 e. The first kappa shape index (κ1) is 12.1. The molecule has 0 bridgehead atoms. The van der Waals surface area contributed by atoms with Gasteiger partial charge >= 0.3 is 0 Å². The molecule has 1 aromatic heterocycles. The topological polar surface area (TPSA) is 58.7 Å². The molecule has 0 radical (unpaired) electrons. The standard InChI is InChI=1S/C16H11N3O/c17-9-10-19-16(20)8-7-15(18-19)14-6-5-12-3-1-2-4-13(12)11-14/h1-8,11H,10H2. The van der Waals surface area contributed by atoms with Gasteiger partial charge in [0.05, 0.1) is 11.8 Å². The summed E-state index contributed by atoms with van der Waals surface area (Å²) in [5, 5.41) is 15.2. The molecule has 20 heavy (non-hydrogen) atoms. The quantitative estimate of drug-likeness (QED) is 0.712. The summed E-state index contributed by atoms with van der Waals surface area (Å²) in [6, 6.07) is 19.1. The predicted molar refractivity (Wildman–Crippen MR) is 77.1 cm³/mol. The fourth-order valence-corrected chi connectivity index (χ4v) is 2.13. The van der Waals surface area contributed by atoms with Crippen molar-refractivity contribution in [2.24, 2.45) is 0 Å². The molecule has 0 spiro atoms. The maximum atomic E-state index is 11.6. The molecule has 1 heterocycles. The van der Waals surface area contributed by atoms with Crippen molar-refractivity contribution in [1.82, 2.24) is 9.78 Å². The maximum absolute atomic E-state index is 11.6. The average Bonchev–Trinajstić information content (AvgIpc) is 2.49. The third-order valence-corrected chi connectivity index (χ3v) is 3.13. The molecule has 96 valence electrons. The van der Waals surface area contributed by atoms with E-state index in [4.69, 9.17) is 5.26 Å². The van der Waals surface area contributed by atoms with Gasteiger partial charge in [-0.05, 0) is 22.9 Å². The van der Waals surface area contributed by atoms with E-state index in [1.165, 1.54) is 10.7 Å². The van der Waals surface area contributed by atoms with Crippen LogP contribution in [0.15, 0.2) is 59.4 Å². The number of hydrogen-bond acceptors (Lipinski definition) is 3. The fraction of sp³-hybridized carbons (Fsp3) is 0.0625. The molecule has 0 N–H and O–H groups in total. The Bertz CT molecular complexity index is 875. The number of rotatable bonds is 2. The first-order valence-corrected chi connectivity index (χ1v) is 6.22. The van der Waals surface area contributed by atoms with Crippen LogP contribution in [0.3, 0.4) is 0 Å². The Balaban J connectivity index is 2.13. The monoisotopic (exact) mass is 261 g/mol. The van der Waals surface area contributed by atoms with Crippen molar-refractivity contribution < 1.29 is 0 Å². The van der Waals surface area contributed by atoms with Gasteiger partial charge in [0.1, 0.15) is 6.54 Å². The minimum absolute atomic E-state index is 0.0414. The second-order valence-corrected chi connectivity index (χ2v) is 4.43. The van der Waals surface area contributed by atoms with Gasteiger partial charge < -0.3 is 0 Å². The molecule has 0 aliphatic heterocycles. The van der Waals surface area contributed by atoms with E-state index in [1.54, 1.807) is 6.07 Å². The second kappa shape index (κ2) is 4.98. The van der Waals surface area contributed by atoms with Crippen molar-refractivity contribution in [3.63, 3.8) is 0 Å². The van der Waals surface area contributed by atoms with Crippen LogP contribution in [0.2, 0.25) is 0 Å². The molecule has 0 saturated heterocycles. The van der Waals surface area contributed by atoms with Gasteiger partial charge in [-0.3, -0.25) is 4.79 Å². The minimum atomic E-state index is -0.268. The van der Waals surface area contributed by atoms with Crippen LogP contribution in [0.5, 0.6) is 0 Å². The zero-order chi connectivity index (χ0) is 13.9. The molecule has 2 aromatic carbocycles. The van der Waals surface area contributed by atoms with Gasteiger partial charge in [0, 0.05) is 11.6 Å². The molecule has 3 rings (SSSR count). The van der Waals surface area contributed by atoms with E-state index in [1.807, 2.05) is 48.5 Å². The van der Waals surface area contributed by atoms with Gasteiger partial charge in [0.25, 0.3) is 5.56 Å². The summed E-state index contributed by atoms with van der Waals surface area (Å²) in [5.74, 6) is 0. The van der Waals surface area contributed by atoms with Crippen LogP contribution >= 0.6 is 0 Å². The zero-order valence-electron chi connectivity index (χ0n) is 10.7. The van der Waals surface area contributed by atoms with Gasteiger partial charge in [-0.2, -0.15) is 10.4 Å². The van der Waals surface area contributed by atoms with Crippen molar-refractivity contribution >= 4 is 10.8 Å². The molecule has 0 aliphatic rings. The summed E-state index contributed by atoms with van der Waals surface area (Å²) < 4.78 is 1.17. The first-order chi connectivity index (χ1) is 9.78. The molecule has 3 aromatic rings. The van der Waals surface area contributed by atoms with Crippen molar-refractivity contribution in [2.75, 3.05) is 0 Å². The van der Waals surface area contributed by atoms with Crippen LogP contribution < -0.4 is 5.56 Å². The molecule has 4 heteroatoms. The molecule has 4 nitrogen and oxygen atoms in total. The van der Waals surface area contributed by atoms with E-state index in [0.29, 0.717) is 5.69 Å². The Morgan fingerprint density at radius 1 is 1.05 bits per heavy atom. The molecule has 0 amide bonds. The van der Waals surface area contributed by atoms with Crippen molar-refractivity contribution in [1.29, 1.82) is 5.26 Å². The molecular formula is C16H11N3O. The Hall–Kier alpha value is -2.93. The highest BCUT2D eigenvalue weighted by molar-refractivity contribution is 5.86. The minimum Gasteiger partial charge on any atom is -0.268 e. The molecule has 0 saturated carbocycles. The lowest BCUT2D eigenvalue weighted by Crippen LogP contribution is -2.21. The highest BCUT2D eigenvalue weighted by Gasteiger charge is 2.04. The molecule has 0 unspecified atom stereocenters. The lowest BCUT2D eigenvalue weighted by Gasteiger charge is -2.05. The Labute approximate surface area is 115 Å². The zero-order valence-corrected chi connectivity index (χ0v) is 10.7. The Morgan fingerprint density at radius 2 is 1.85 bits per heavy atom. The van der Waals surface area contributed by atoms with Crippen LogP contribution in [0.25, 0.3) is 22.0 Å². The molecule has 0 aliphatic carbocycles. The normalized spacial score (nSPS) is 10.3. The number of aromatic nitrogens is 2. The van der Waals surface area contributed by atoms with Gasteiger partial charge in [0.2, 0.25) is 0 Å². The van der Waals surface area contributed by atoms with E-state index in [-0.39, 0.29) is 12.1 Å². The highest BCUT2D eigenvalue weighted by Crippen LogP contribution is 2.22. The van der Waals surface area contributed by atoms with E-state index >= 15 is 0 Å². The summed E-state index contributed by atoms with van der Waals surface area (Å²) in [4.78, 5) is 11.6. The smallest absolute Gasteiger partial charge is 0.267 e. The Kier molecular flexibility index (Phi) is 3.02. The van der Waals surface area contributed by atoms with Crippen molar-refractivity contribution in [2.45, 2.75) is 6.54 Å². The van der Waals surface area contributed by atoms with Crippen LogP contribution in [0.4, 0.5) is 0 Å². The van der Waals surface area contributed by atoms with Crippen LogP contribution in [0, 0.1) is 11.3 Å². The summed E-state index contributed by atoms with van der Waals surface area (Å²) >= 11 is 0. The van der Waals surface area contributed by atoms with E-state index < -0.39 is 0 Å². The Morgan fingerprint density at radius 3 is 2.65 bits per heavy atom. The van der Waals surface area contributed by atoms with Gasteiger partial charge in [-0.1, -0.05) is 36.4 Å². The lowest BCUT2D eigenvalue weighted by molar-refractivity contribution is 0.662. The van der Waals surface area contributed by atoms with Gasteiger partial charge in [-0.25, -0.2) is 4.68 Å². The summed E-state index contributed by atoms with van der Waals surface area (Å²) in [5.41, 5.74) is 1.34. The van der Waals surface area contributed by atoms with E-state index in [0.717, 1.165) is 16.3 Å². The van der Waals surface area contributed by atoms with Crippen LogP contribution in [-0.4, -0.2) is 9.78 Å². The van der Waals surface area contributed by atoms with Crippen LogP contribution in [-0.2, 0) is 6.54 Å². The lowest BCUT2D eigenvalue weighted by atomic mass is 10.1. The van der Waals surface area contributed by atoms with E-state index in [9.17, 15) is 4.79 Å². The highest BCUT2D eigenvalue weighted by atomic mass is 16.1. The predicted octanol–water partition coefficient (Wildman–Crippen LogP) is 2.59. The molecule has 0 atom stereocenters. The number of fused-ring (bicyclic) bond motifs is 1. The van der Waals surface area contributed by atoms with Crippen LogP contribution in [0.1, 0.15) is 0 Å². The molecular weight excluding hydrogens is 250 g/mol. The van der Waals surface area contributed by atoms with E-state index in [2.05, 4.69) is 5.10 Å². The number of hydrogen-bond donors (Lipinski definition) is 0. The number of nitrogens with zero attached hydrogens (tertiary/aromatic N) is 3. The number of nitriles is 1. The largest absolute Gasteiger partial charge is 0.268 e. The summed E-state index contributed by atoms with van der Waals surface area (Å²) in [6.45, 7) is -0.0414. The third kappa shape index (κ3) is 2.17. The SMILES string of the molecule is N#CCn1nc(-c2ccc3ccccc3c2)ccc1=O.